The van der Waals surface area contributed by atoms with E-state index in [0.717, 1.165) is 55.7 Å². The van der Waals surface area contributed by atoms with Crippen molar-refractivity contribution >= 4 is 0 Å². The number of hydrogen-bond acceptors (Lipinski definition) is 4. The minimum atomic E-state index is -0.621. The van der Waals surface area contributed by atoms with Crippen LogP contribution < -0.4 is 5.73 Å². The highest BCUT2D eigenvalue weighted by molar-refractivity contribution is 5.38. The molecule has 230 valence electrons. The molecular weight excluding hydrogens is 494 g/mol. The molecule has 5 N–H and O–H groups in total. The van der Waals surface area contributed by atoms with E-state index in [-0.39, 0.29) is 0 Å². The maximum atomic E-state index is 11.0. The first-order chi connectivity index (χ1) is 19.1. The van der Waals surface area contributed by atoms with Crippen molar-refractivity contribution in [3.05, 3.63) is 35.5 Å². The van der Waals surface area contributed by atoms with Gasteiger partial charge in [-0.1, -0.05) is 95.9 Å². The lowest BCUT2D eigenvalue weighted by molar-refractivity contribution is 0.0324. The molecule has 0 aromatic heterocycles. The molecule has 0 amide bonds. The van der Waals surface area contributed by atoms with Crippen molar-refractivity contribution < 1.29 is 15.3 Å². The second-order valence-electron chi connectivity index (χ2n) is 14.4. The van der Waals surface area contributed by atoms with E-state index in [0.29, 0.717) is 30.1 Å². The van der Waals surface area contributed by atoms with Crippen LogP contribution in [-0.4, -0.2) is 39.7 Å². The molecule has 1 unspecified atom stereocenters. The van der Waals surface area contributed by atoms with Crippen molar-refractivity contribution in [1.29, 1.82) is 0 Å². The van der Waals surface area contributed by atoms with Crippen LogP contribution in [0.1, 0.15) is 143 Å². The Bertz CT molecular complexity index is 845. The molecule has 0 aliphatic heterocycles. The first kappa shape index (κ1) is 33.6. The molecule has 0 heterocycles. The first-order valence-electron chi connectivity index (χ1n) is 16.9. The second kappa shape index (κ2) is 16.1. The normalized spacial score (nSPS) is 33.3. The third-order valence-electron chi connectivity index (χ3n) is 11.0. The molecule has 0 spiro atoms. The maximum Gasteiger partial charge on any atom is 0.0811 e. The molecule has 3 rings (SSSR count). The summed E-state index contributed by atoms with van der Waals surface area (Å²) in [4.78, 5) is 0. The molecule has 3 aliphatic rings. The quantitative estimate of drug-likeness (QED) is 0.144. The number of unbranched alkanes of at least 4 members (excludes halogenated alkanes) is 7. The Balaban J connectivity index is 1.43. The summed E-state index contributed by atoms with van der Waals surface area (Å²) in [6.07, 6.45) is 25.0. The Kier molecular flexibility index (Phi) is 13.5. The number of allylic oxidation sites excluding steroid dienone is 3. The molecule has 0 radical (unpaired) electrons. The van der Waals surface area contributed by atoms with Crippen LogP contribution in [0.2, 0.25) is 0 Å². The van der Waals surface area contributed by atoms with Crippen LogP contribution in [0.4, 0.5) is 0 Å². The summed E-state index contributed by atoms with van der Waals surface area (Å²) in [7, 11) is 0. The number of aliphatic hydroxyl groups excluding tert-OH is 2. The smallest absolute Gasteiger partial charge is 0.0811 e. The minimum absolute atomic E-state index is 0.359. The summed E-state index contributed by atoms with van der Waals surface area (Å²) in [5.41, 5.74) is 8.76. The van der Waals surface area contributed by atoms with Crippen LogP contribution >= 0.6 is 0 Å². The molecule has 7 atom stereocenters. The van der Waals surface area contributed by atoms with Crippen molar-refractivity contribution in [2.45, 2.75) is 161 Å². The number of aliphatic hydroxyl groups is 3. The SMILES string of the molecule is C=C1/C(=C\C=C2/CCC[C@]3(C)[C@@H]([C@H](C)CCCC(C)(O)CCCCCCCCCCN)CC[C@@H]23)C[C@@H](O)C[C@@H]1O. The Morgan fingerprint density at radius 3 is 2.35 bits per heavy atom. The zero-order chi connectivity index (χ0) is 29.2. The third kappa shape index (κ3) is 9.54. The van der Waals surface area contributed by atoms with E-state index < -0.39 is 17.8 Å². The van der Waals surface area contributed by atoms with Gasteiger partial charge >= 0.3 is 0 Å². The molecule has 3 saturated carbocycles. The largest absolute Gasteiger partial charge is 0.393 e. The number of fused-ring (bicyclic) bond motifs is 1. The summed E-state index contributed by atoms with van der Waals surface area (Å²) in [6, 6.07) is 0. The fourth-order valence-electron chi connectivity index (χ4n) is 8.52. The van der Waals surface area contributed by atoms with Gasteiger partial charge in [-0.3, -0.25) is 0 Å². The van der Waals surface area contributed by atoms with E-state index in [4.69, 9.17) is 5.73 Å². The molecule has 3 aliphatic carbocycles. The third-order valence-corrected chi connectivity index (χ3v) is 11.0. The molecule has 0 aromatic rings. The molecule has 3 fully saturated rings. The van der Waals surface area contributed by atoms with Crippen molar-refractivity contribution in [1.82, 2.24) is 0 Å². The van der Waals surface area contributed by atoms with E-state index in [9.17, 15) is 15.3 Å². The summed E-state index contributed by atoms with van der Waals surface area (Å²) in [5.74, 6) is 2.07. The van der Waals surface area contributed by atoms with Gasteiger partial charge in [0, 0.05) is 6.42 Å². The van der Waals surface area contributed by atoms with Crippen LogP contribution in [0.3, 0.4) is 0 Å². The Morgan fingerprint density at radius 1 is 1.00 bits per heavy atom. The number of hydrogen-bond donors (Lipinski definition) is 4. The summed E-state index contributed by atoms with van der Waals surface area (Å²) in [6.45, 7) is 12.0. The Labute approximate surface area is 246 Å². The number of rotatable bonds is 16. The Morgan fingerprint density at radius 2 is 1.65 bits per heavy atom. The zero-order valence-corrected chi connectivity index (χ0v) is 26.3. The summed E-state index contributed by atoms with van der Waals surface area (Å²) >= 11 is 0. The molecule has 4 heteroatoms. The van der Waals surface area contributed by atoms with Crippen LogP contribution in [0.25, 0.3) is 0 Å². The van der Waals surface area contributed by atoms with Gasteiger partial charge in [-0.2, -0.15) is 0 Å². The topological polar surface area (TPSA) is 86.7 Å². The van der Waals surface area contributed by atoms with Gasteiger partial charge in [0.2, 0.25) is 0 Å². The zero-order valence-electron chi connectivity index (χ0n) is 26.3. The van der Waals surface area contributed by atoms with E-state index in [2.05, 4.69) is 39.5 Å². The van der Waals surface area contributed by atoms with Crippen molar-refractivity contribution in [2.75, 3.05) is 6.54 Å². The van der Waals surface area contributed by atoms with Gasteiger partial charge in [0.15, 0.2) is 0 Å². The lowest BCUT2D eigenvalue weighted by Gasteiger charge is -2.44. The second-order valence-corrected chi connectivity index (χ2v) is 14.4. The van der Waals surface area contributed by atoms with E-state index in [1.165, 1.54) is 77.0 Å². The summed E-state index contributed by atoms with van der Waals surface area (Å²) in [5, 5.41) is 31.4. The molecular formula is C36H63NO3. The lowest BCUT2D eigenvalue weighted by atomic mass is 9.60. The van der Waals surface area contributed by atoms with E-state index in [1.54, 1.807) is 5.57 Å². The standard InChI is InChI=1S/C36H63NO3/c1-27(15-13-22-35(3,40)21-11-9-7-5-6-8-10-12-24-37)32-19-20-33-29(16-14-23-36(32,33)4)17-18-30-25-31(38)26-34(39)28(30)2/h17-18,27,31-34,38-40H,2,5-16,19-26,37H2,1,3-4H3/b29-17+,30-18-/t27-,31-,32-,33+,34+,35?,36-/m1/s1. The minimum Gasteiger partial charge on any atom is -0.393 e. The monoisotopic (exact) mass is 557 g/mol. The fraction of sp³-hybridized carbons (Fsp3) is 0.833. The van der Waals surface area contributed by atoms with Crippen molar-refractivity contribution in [3.8, 4) is 0 Å². The van der Waals surface area contributed by atoms with Gasteiger partial charge in [0.1, 0.15) is 0 Å². The van der Waals surface area contributed by atoms with Crippen LogP contribution in [0.15, 0.2) is 35.5 Å². The van der Waals surface area contributed by atoms with Crippen molar-refractivity contribution in [3.63, 3.8) is 0 Å². The predicted octanol–water partition coefficient (Wildman–Crippen LogP) is 8.15. The highest BCUT2D eigenvalue weighted by Crippen LogP contribution is 2.60. The Hall–Kier alpha value is -0.940. The molecule has 0 bridgehead atoms. The fourth-order valence-corrected chi connectivity index (χ4v) is 8.52. The van der Waals surface area contributed by atoms with E-state index >= 15 is 0 Å². The van der Waals surface area contributed by atoms with Crippen LogP contribution in [0.5, 0.6) is 0 Å². The van der Waals surface area contributed by atoms with Gasteiger partial charge in [-0.05, 0) is 106 Å². The summed E-state index contributed by atoms with van der Waals surface area (Å²) < 4.78 is 0. The first-order valence-corrected chi connectivity index (χ1v) is 16.9. The average Bonchev–Trinajstić information content (AvgIpc) is 3.26. The van der Waals surface area contributed by atoms with Crippen LogP contribution in [-0.2, 0) is 0 Å². The molecule has 0 aromatic carbocycles. The van der Waals surface area contributed by atoms with E-state index in [1.807, 2.05) is 0 Å². The van der Waals surface area contributed by atoms with Gasteiger partial charge in [-0.25, -0.2) is 0 Å². The van der Waals surface area contributed by atoms with Gasteiger partial charge in [0.25, 0.3) is 0 Å². The molecule has 4 nitrogen and oxygen atoms in total. The molecule has 0 saturated heterocycles. The predicted molar refractivity (Wildman–Crippen MR) is 169 cm³/mol. The van der Waals surface area contributed by atoms with Gasteiger partial charge < -0.3 is 21.1 Å². The van der Waals surface area contributed by atoms with Gasteiger partial charge in [0.05, 0.1) is 17.8 Å². The highest BCUT2D eigenvalue weighted by atomic mass is 16.3. The number of nitrogens with two attached hydrogens (primary N) is 1. The highest BCUT2D eigenvalue weighted by Gasteiger charge is 2.50. The molecule has 40 heavy (non-hydrogen) atoms. The van der Waals surface area contributed by atoms with Crippen molar-refractivity contribution in [2.24, 2.45) is 28.9 Å². The lowest BCUT2D eigenvalue weighted by Crippen LogP contribution is -2.36. The maximum absolute atomic E-state index is 11.0. The van der Waals surface area contributed by atoms with Crippen LogP contribution in [0, 0.1) is 23.2 Å². The van der Waals surface area contributed by atoms with Gasteiger partial charge in [-0.15, -0.1) is 0 Å². The average molecular weight is 558 g/mol.